The van der Waals surface area contributed by atoms with E-state index in [0.717, 1.165) is 5.92 Å². The lowest BCUT2D eigenvalue weighted by Gasteiger charge is -2.06. The summed E-state index contributed by atoms with van der Waals surface area (Å²) in [5.41, 5.74) is 1.71. The van der Waals surface area contributed by atoms with Crippen LogP contribution in [0.1, 0.15) is 39.5 Å². The highest BCUT2D eigenvalue weighted by Crippen LogP contribution is 2.32. The zero-order chi connectivity index (χ0) is 6.69. The Kier molecular flexibility index (Phi) is 2.32. The van der Waals surface area contributed by atoms with Crippen molar-refractivity contribution < 1.29 is 0 Å². The van der Waals surface area contributed by atoms with Gasteiger partial charge < -0.3 is 0 Å². The molecule has 0 N–H and O–H groups in total. The summed E-state index contributed by atoms with van der Waals surface area (Å²) in [4.78, 5) is 0. The van der Waals surface area contributed by atoms with Crippen LogP contribution in [0.25, 0.3) is 0 Å². The van der Waals surface area contributed by atoms with Crippen LogP contribution < -0.4 is 0 Å². The lowest BCUT2D eigenvalue weighted by atomic mass is 10.0. The smallest absolute Gasteiger partial charge is 0.0206 e. The van der Waals surface area contributed by atoms with Gasteiger partial charge in [-0.15, -0.1) is 0 Å². The molecular weight excluding hydrogens is 108 g/mol. The van der Waals surface area contributed by atoms with Crippen molar-refractivity contribution in [2.24, 2.45) is 5.92 Å². The summed E-state index contributed by atoms with van der Waals surface area (Å²) >= 11 is 0. The molecule has 0 bridgehead atoms. The molecule has 1 atom stereocenters. The van der Waals surface area contributed by atoms with Crippen molar-refractivity contribution in [3.05, 3.63) is 11.6 Å². The Labute approximate surface area is 58.0 Å². The van der Waals surface area contributed by atoms with E-state index in [9.17, 15) is 0 Å². The maximum Gasteiger partial charge on any atom is -0.0206 e. The van der Waals surface area contributed by atoms with Crippen LogP contribution in [0.3, 0.4) is 0 Å². The van der Waals surface area contributed by atoms with Gasteiger partial charge in [0, 0.05) is 0 Å². The predicted molar refractivity (Wildman–Crippen MR) is 41.4 cm³/mol. The summed E-state index contributed by atoms with van der Waals surface area (Å²) in [5, 5.41) is 0. The average Bonchev–Trinajstić information content (AvgIpc) is 2.33. The molecule has 9 heavy (non-hydrogen) atoms. The highest BCUT2D eigenvalue weighted by Gasteiger charge is 2.17. The van der Waals surface area contributed by atoms with Crippen LogP contribution in [0.5, 0.6) is 0 Å². The van der Waals surface area contributed by atoms with Crippen LogP contribution in [0.4, 0.5) is 0 Å². The van der Waals surface area contributed by atoms with Crippen LogP contribution in [0.15, 0.2) is 11.6 Å². The minimum Gasteiger partial charge on any atom is -0.0882 e. The second-order valence-corrected chi connectivity index (χ2v) is 2.86. The molecule has 0 heterocycles. The largest absolute Gasteiger partial charge is 0.0882 e. The topological polar surface area (TPSA) is 0 Å². The number of hydrogen-bond acceptors (Lipinski definition) is 0. The summed E-state index contributed by atoms with van der Waals surface area (Å²) in [6.45, 7) is 4.46. The zero-order valence-corrected chi connectivity index (χ0v) is 6.48. The number of rotatable bonds is 1. The Hall–Kier alpha value is -0.260. The van der Waals surface area contributed by atoms with Crippen LogP contribution in [0.2, 0.25) is 0 Å². The van der Waals surface area contributed by atoms with Gasteiger partial charge in [0.1, 0.15) is 0 Å². The fourth-order valence-corrected chi connectivity index (χ4v) is 1.79. The van der Waals surface area contributed by atoms with Crippen LogP contribution >= 0.6 is 0 Å². The molecule has 1 aliphatic carbocycles. The molecular formula is C9H16. The quantitative estimate of drug-likeness (QED) is 0.471. The molecule has 0 spiro atoms. The predicted octanol–water partition coefficient (Wildman–Crippen LogP) is 3.14. The van der Waals surface area contributed by atoms with Gasteiger partial charge in [0.25, 0.3) is 0 Å². The third-order valence-electron chi connectivity index (χ3n) is 2.41. The second kappa shape index (κ2) is 3.05. The first-order valence-corrected chi connectivity index (χ1v) is 4.03. The number of hydrogen-bond donors (Lipinski definition) is 0. The third kappa shape index (κ3) is 1.35. The summed E-state index contributed by atoms with van der Waals surface area (Å²) in [6.07, 6.45) is 7.89. The first kappa shape index (κ1) is 6.85. The normalized spacial score (nSPS) is 31.8. The van der Waals surface area contributed by atoms with E-state index in [4.69, 9.17) is 0 Å². The van der Waals surface area contributed by atoms with Crippen molar-refractivity contribution in [3.63, 3.8) is 0 Å². The van der Waals surface area contributed by atoms with Gasteiger partial charge in [0.05, 0.1) is 0 Å². The summed E-state index contributed by atoms with van der Waals surface area (Å²) < 4.78 is 0. The summed E-state index contributed by atoms with van der Waals surface area (Å²) in [5.74, 6) is 0.940. The van der Waals surface area contributed by atoms with Gasteiger partial charge in [0.15, 0.2) is 0 Å². The molecule has 1 aliphatic rings. The van der Waals surface area contributed by atoms with E-state index in [1.165, 1.54) is 25.7 Å². The molecule has 0 aromatic rings. The van der Waals surface area contributed by atoms with Gasteiger partial charge in [-0.25, -0.2) is 0 Å². The van der Waals surface area contributed by atoms with Crippen molar-refractivity contribution in [3.8, 4) is 0 Å². The Bertz CT molecular complexity index is 111. The molecule has 0 aliphatic heterocycles. The molecule has 0 aromatic carbocycles. The maximum atomic E-state index is 2.31. The molecule has 52 valence electrons. The SMILES string of the molecule is C/C=C1\CCCC1CC. The highest BCUT2D eigenvalue weighted by atomic mass is 14.2. The van der Waals surface area contributed by atoms with E-state index in [0.29, 0.717) is 0 Å². The van der Waals surface area contributed by atoms with Crippen molar-refractivity contribution >= 4 is 0 Å². The molecule has 0 saturated heterocycles. The maximum absolute atomic E-state index is 2.31. The van der Waals surface area contributed by atoms with E-state index in [-0.39, 0.29) is 0 Å². The monoisotopic (exact) mass is 124 g/mol. The third-order valence-corrected chi connectivity index (χ3v) is 2.41. The Balaban J connectivity index is 2.52. The van der Waals surface area contributed by atoms with Gasteiger partial charge >= 0.3 is 0 Å². The molecule has 0 radical (unpaired) electrons. The molecule has 0 heteroatoms. The lowest BCUT2D eigenvalue weighted by Crippen LogP contribution is -1.92. The van der Waals surface area contributed by atoms with E-state index in [1.54, 1.807) is 5.57 Å². The Morgan fingerprint density at radius 3 is 2.89 bits per heavy atom. The highest BCUT2D eigenvalue weighted by molar-refractivity contribution is 5.09. The minimum atomic E-state index is 0.940. The van der Waals surface area contributed by atoms with Crippen molar-refractivity contribution in [2.75, 3.05) is 0 Å². The van der Waals surface area contributed by atoms with E-state index < -0.39 is 0 Å². The summed E-state index contributed by atoms with van der Waals surface area (Å²) in [7, 11) is 0. The first-order chi connectivity index (χ1) is 4.38. The molecule has 0 aromatic heterocycles. The fourth-order valence-electron chi connectivity index (χ4n) is 1.79. The number of allylic oxidation sites excluding steroid dienone is 2. The summed E-state index contributed by atoms with van der Waals surface area (Å²) in [6, 6.07) is 0. The van der Waals surface area contributed by atoms with Gasteiger partial charge in [-0.05, 0) is 38.5 Å². The molecule has 0 amide bonds. The zero-order valence-electron chi connectivity index (χ0n) is 6.48. The minimum absolute atomic E-state index is 0.940. The lowest BCUT2D eigenvalue weighted by molar-refractivity contribution is 0.605. The molecule has 1 unspecified atom stereocenters. The second-order valence-electron chi connectivity index (χ2n) is 2.86. The van der Waals surface area contributed by atoms with Gasteiger partial charge in [-0.1, -0.05) is 18.6 Å². The van der Waals surface area contributed by atoms with Crippen molar-refractivity contribution in [1.29, 1.82) is 0 Å². The van der Waals surface area contributed by atoms with Gasteiger partial charge in [-0.3, -0.25) is 0 Å². The van der Waals surface area contributed by atoms with Gasteiger partial charge in [-0.2, -0.15) is 0 Å². The molecule has 1 saturated carbocycles. The van der Waals surface area contributed by atoms with Gasteiger partial charge in [0.2, 0.25) is 0 Å². The molecule has 1 rings (SSSR count). The van der Waals surface area contributed by atoms with Crippen LogP contribution in [-0.4, -0.2) is 0 Å². The van der Waals surface area contributed by atoms with Crippen LogP contribution in [-0.2, 0) is 0 Å². The van der Waals surface area contributed by atoms with Crippen molar-refractivity contribution in [1.82, 2.24) is 0 Å². The van der Waals surface area contributed by atoms with Crippen LogP contribution in [0, 0.1) is 5.92 Å². The first-order valence-electron chi connectivity index (χ1n) is 4.03. The molecule has 1 fully saturated rings. The Morgan fingerprint density at radius 2 is 2.44 bits per heavy atom. The van der Waals surface area contributed by atoms with E-state index in [1.807, 2.05) is 0 Å². The Morgan fingerprint density at radius 1 is 1.67 bits per heavy atom. The average molecular weight is 124 g/mol. The fraction of sp³-hybridized carbons (Fsp3) is 0.778. The molecule has 0 nitrogen and oxygen atoms in total. The van der Waals surface area contributed by atoms with E-state index in [2.05, 4.69) is 19.9 Å². The van der Waals surface area contributed by atoms with Crippen molar-refractivity contribution in [2.45, 2.75) is 39.5 Å². The standard InChI is InChI=1S/C9H16/c1-3-8-6-5-7-9(8)4-2/h3,9H,4-7H2,1-2H3/b8-3+. The van der Waals surface area contributed by atoms with E-state index >= 15 is 0 Å².